The zero-order chi connectivity index (χ0) is 37.4. The van der Waals surface area contributed by atoms with E-state index in [0.29, 0.717) is 45.9 Å². The maximum atomic E-state index is 13.7. The van der Waals surface area contributed by atoms with Crippen LogP contribution >= 0.6 is 46.6 Å². The fourth-order valence-corrected chi connectivity index (χ4v) is 10.1. The van der Waals surface area contributed by atoms with E-state index < -0.39 is 63.9 Å². The molecule has 2 N–H and O–H groups in total. The lowest BCUT2D eigenvalue weighted by Gasteiger charge is -2.61. The number of phenols is 1. The van der Waals surface area contributed by atoms with E-state index in [1.165, 1.54) is 25.8 Å². The molecule has 1 amide bonds. The third-order valence-corrected chi connectivity index (χ3v) is 12.0. The molecule has 0 saturated carbocycles. The number of carbonyl (C=O) groups excluding carboxylic acids is 3. The van der Waals surface area contributed by atoms with Crippen molar-refractivity contribution in [2.45, 2.75) is 72.5 Å². The van der Waals surface area contributed by atoms with Crippen molar-refractivity contribution in [1.82, 2.24) is 15.1 Å². The van der Waals surface area contributed by atoms with Crippen molar-refractivity contribution in [2.24, 2.45) is 0 Å². The highest BCUT2D eigenvalue weighted by Gasteiger charge is 2.60. The lowest BCUT2D eigenvalue weighted by molar-refractivity contribution is -0.151. The molecule has 2 aromatic carbocycles. The van der Waals surface area contributed by atoms with Gasteiger partial charge in [0.1, 0.15) is 31.0 Å². The molecule has 3 unspecified atom stereocenters. The van der Waals surface area contributed by atoms with Crippen LogP contribution in [0.25, 0.3) is 0 Å². The monoisotopic (exact) mass is 796 g/mol. The van der Waals surface area contributed by atoms with Crippen molar-refractivity contribution in [2.75, 3.05) is 39.9 Å². The Morgan fingerprint density at radius 1 is 1.15 bits per heavy atom. The van der Waals surface area contributed by atoms with Crippen molar-refractivity contribution in [3.8, 4) is 34.8 Å². The summed E-state index contributed by atoms with van der Waals surface area (Å²) in [5.41, 5.74) is 3.97. The second-order valence-electron chi connectivity index (χ2n) is 13.3. The molecule has 2 fully saturated rings. The minimum Gasteiger partial charge on any atom is -0.504 e. The maximum absolute atomic E-state index is 13.7. The number of nitrogens with zero attached hydrogens (tertiary/aromatic N) is 3. The molecule has 278 valence electrons. The average Bonchev–Trinajstić information content (AvgIpc) is 3.57. The summed E-state index contributed by atoms with van der Waals surface area (Å²) in [4.78, 5) is 43.4. The molecule has 4 bridgehead atoms. The van der Waals surface area contributed by atoms with Crippen molar-refractivity contribution in [1.29, 1.82) is 5.26 Å². The predicted molar refractivity (Wildman–Crippen MR) is 188 cm³/mol. The second-order valence-corrected chi connectivity index (χ2v) is 17.0. The molecule has 2 saturated heterocycles. The van der Waals surface area contributed by atoms with Gasteiger partial charge >= 0.3 is 18.0 Å². The lowest BCUT2D eigenvalue weighted by Crippen LogP contribution is -2.69. The molecule has 7 rings (SSSR count). The lowest BCUT2D eigenvalue weighted by atomic mass is 9.71. The second kappa shape index (κ2) is 13.7. The molecule has 5 heterocycles. The molecule has 14 nitrogen and oxygen atoms in total. The van der Waals surface area contributed by atoms with Gasteiger partial charge in [-0.1, -0.05) is 40.9 Å². The quantitative estimate of drug-likeness (QED) is 0.248. The molecule has 0 aliphatic carbocycles. The molecule has 2 aromatic rings. The number of esters is 2. The van der Waals surface area contributed by atoms with Crippen molar-refractivity contribution in [3.63, 3.8) is 0 Å². The number of methoxy groups -OCH3 is 1. The number of nitriles is 1. The van der Waals surface area contributed by atoms with E-state index in [1.54, 1.807) is 6.92 Å². The first-order valence-electron chi connectivity index (χ1n) is 16.4. The van der Waals surface area contributed by atoms with E-state index in [4.69, 9.17) is 63.2 Å². The summed E-state index contributed by atoms with van der Waals surface area (Å²) in [5, 5.41) is 24.7. The number of aromatic hydroxyl groups is 1. The predicted octanol–water partition coefficient (Wildman–Crippen LogP) is 4.70. The number of ether oxygens (including phenoxy) is 6. The van der Waals surface area contributed by atoms with Crippen molar-refractivity contribution < 1.29 is 47.9 Å². The van der Waals surface area contributed by atoms with Gasteiger partial charge in [0.25, 0.3) is 0 Å². The average molecular weight is 798 g/mol. The summed E-state index contributed by atoms with van der Waals surface area (Å²) >= 11 is 18.6. The molecule has 0 radical (unpaired) electrons. The number of piperazine rings is 1. The number of rotatable bonds is 4. The van der Waals surface area contributed by atoms with Gasteiger partial charge in [-0.15, -0.1) is 11.8 Å². The first kappa shape index (κ1) is 36.8. The van der Waals surface area contributed by atoms with Crippen molar-refractivity contribution >= 4 is 64.6 Å². The van der Waals surface area contributed by atoms with Crippen LogP contribution in [0.2, 0.25) is 0 Å². The number of hydrogen-bond acceptors (Lipinski definition) is 14. The summed E-state index contributed by atoms with van der Waals surface area (Å²) in [6.07, 6.45) is -0.553. The van der Waals surface area contributed by atoms with Crippen molar-refractivity contribution in [3.05, 3.63) is 39.4 Å². The van der Waals surface area contributed by atoms with Gasteiger partial charge in [0, 0.05) is 47.0 Å². The third kappa shape index (κ3) is 6.01. The Morgan fingerprint density at radius 2 is 1.88 bits per heavy atom. The number of halogens is 3. The van der Waals surface area contributed by atoms with Gasteiger partial charge < -0.3 is 38.8 Å². The molecule has 5 aliphatic heterocycles. The largest absolute Gasteiger partial charge is 0.504 e. The van der Waals surface area contributed by atoms with Crippen LogP contribution in [0, 0.1) is 25.2 Å². The number of aryl methyl sites for hydroxylation is 1. The Morgan fingerprint density at radius 3 is 2.56 bits per heavy atom. The van der Waals surface area contributed by atoms with Gasteiger partial charge in [0.2, 0.25) is 10.6 Å². The zero-order valence-corrected chi connectivity index (χ0v) is 31.7. The van der Waals surface area contributed by atoms with Gasteiger partial charge in [-0.25, -0.2) is 9.59 Å². The fourth-order valence-electron chi connectivity index (χ4n) is 8.40. The van der Waals surface area contributed by atoms with Crippen LogP contribution in [-0.2, 0) is 25.5 Å². The van der Waals surface area contributed by atoms with Gasteiger partial charge in [0.15, 0.2) is 23.0 Å². The van der Waals surface area contributed by atoms with Gasteiger partial charge in [-0.3, -0.25) is 14.6 Å². The Hall–Kier alpha value is -3.52. The molecule has 0 aromatic heterocycles. The Bertz CT molecular complexity index is 1900. The summed E-state index contributed by atoms with van der Waals surface area (Å²) in [6.45, 7) is 3.97. The first-order chi connectivity index (χ1) is 24.7. The van der Waals surface area contributed by atoms with Crippen LogP contribution in [0.5, 0.6) is 28.7 Å². The summed E-state index contributed by atoms with van der Waals surface area (Å²) in [7, 11) is 3.42. The number of cyclic esters (lactones) is 1. The number of nitrogens with one attached hydrogen (secondary N) is 1. The van der Waals surface area contributed by atoms with E-state index in [-0.39, 0.29) is 36.7 Å². The van der Waals surface area contributed by atoms with Gasteiger partial charge in [-0.2, -0.15) is 5.26 Å². The highest BCUT2D eigenvalue weighted by Crippen LogP contribution is 2.64. The zero-order valence-electron chi connectivity index (χ0n) is 28.7. The van der Waals surface area contributed by atoms with Crippen LogP contribution < -0.4 is 24.3 Å². The molecule has 0 spiro atoms. The van der Waals surface area contributed by atoms with E-state index in [0.717, 1.165) is 11.1 Å². The van der Waals surface area contributed by atoms with E-state index >= 15 is 0 Å². The van der Waals surface area contributed by atoms with Crippen LogP contribution in [0.15, 0.2) is 6.07 Å². The topological polar surface area (TPSA) is 169 Å². The van der Waals surface area contributed by atoms with Crippen LogP contribution in [0.1, 0.15) is 57.6 Å². The minimum absolute atomic E-state index is 0.00825. The van der Waals surface area contributed by atoms with E-state index in [1.807, 2.05) is 20.0 Å². The maximum Gasteiger partial charge on any atom is 0.408 e. The summed E-state index contributed by atoms with van der Waals surface area (Å²) in [6, 6.07) is 0.309. The number of benzene rings is 2. The highest BCUT2D eigenvalue weighted by atomic mass is 35.6. The van der Waals surface area contributed by atoms with Crippen LogP contribution in [0.4, 0.5) is 4.79 Å². The number of alkyl halides is 3. The first-order valence-corrected chi connectivity index (χ1v) is 18.6. The Balaban J connectivity index is 1.45. The number of alkyl carbamates (subject to hydrolysis) is 1. The molecular formula is C34H35Cl3N4O10S. The highest BCUT2D eigenvalue weighted by molar-refractivity contribution is 7.99. The van der Waals surface area contributed by atoms with Crippen LogP contribution in [-0.4, -0.2) is 101 Å². The van der Waals surface area contributed by atoms with E-state index in [2.05, 4.69) is 21.2 Å². The minimum atomic E-state index is -1.88. The number of likely N-dealkylation sites (N-methyl/N-ethyl adjacent to an activating group) is 1. The van der Waals surface area contributed by atoms with Crippen LogP contribution in [0.3, 0.4) is 0 Å². The Labute approximate surface area is 318 Å². The number of fused-ring (bicyclic) bond motifs is 9. The van der Waals surface area contributed by atoms with E-state index in [9.17, 15) is 24.8 Å². The summed E-state index contributed by atoms with van der Waals surface area (Å²) < 4.78 is 32.8. The van der Waals surface area contributed by atoms with Gasteiger partial charge in [-0.05, 0) is 38.4 Å². The SMILES string of the molecule is COc1c(C)cc2c(c1O)[C@@H]1C3[C@@H]4SCC(NC(=O)OCC(Cl)(Cl)Cl)C(=O)OC[C@@H](c5c6c(c(C)c(OC(C)=O)c54)OCO6)N3C(C#N)[C@H](C2)N1C. The number of carbonyl (C=O) groups is 3. The number of thioether (sulfide) groups is 1. The third-order valence-electron chi connectivity index (χ3n) is 10.3. The number of hydrogen-bond donors (Lipinski definition) is 2. The fraction of sp³-hybridized carbons (Fsp3) is 0.529. The normalized spacial score (nSPS) is 27.7. The standard InChI is InChI=1S/C34H35Cl3N4O10S/c1-13-6-16-7-18-19(8-38)41-20-9-47-32(44)17(39-33(45)48-11-34(35,36)37)10-52-31(25(41)24(40(18)4)21(16)26(43)27(13)46-5)23-22(20)30-29(49-12-50-30)14(2)28(23)51-15(3)42/h6,17-20,24-25,31,43H,7,9-12H2,1-5H3,(H,39,45)/t17?,18-,19?,20-,24+,25?,31+/m0/s1. The summed E-state index contributed by atoms with van der Waals surface area (Å²) in [5.74, 6) is -0.00818. The Kier molecular flexibility index (Phi) is 9.71. The number of amides is 1. The molecule has 52 heavy (non-hydrogen) atoms. The molecule has 18 heteroatoms. The molecule has 7 atom stereocenters. The van der Waals surface area contributed by atoms with Gasteiger partial charge in [0.05, 0.1) is 30.5 Å². The smallest absolute Gasteiger partial charge is 0.408 e. The number of phenolic OH excluding ortho intramolecular Hbond substituents is 1. The molecular weight excluding hydrogens is 763 g/mol. The molecule has 5 aliphatic rings.